The van der Waals surface area contributed by atoms with Crippen molar-refractivity contribution >= 4 is 39.9 Å². The van der Waals surface area contributed by atoms with Crippen LogP contribution in [0.25, 0.3) is 0 Å². The minimum absolute atomic E-state index is 0.0919. The van der Waals surface area contributed by atoms with E-state index >= 15 is 0 Å². The van der Waals surface area contributed by atoms with Crippen LogP contribution >= 0.6 is 22.6 Å². The van der Waals surface area contributed by atoms with Crippen LogP contribution in [0, 0.1) is 3.57 Å². The first-order chi connectivity index (χ1) is 10.1. The van der Waals surface area contributed by atoms with E-state index in [0.717, 1.165) is 37.7 Å². The molecular weight excluding hydrogens is 383 g/mol. The zero-order valence-electron chi connectivity index (χ0n) is 11.3. The van der Waals surface area contributed by atoms with Crippen LogP contribution in [0.4, 0.5) is 17.3 Å². The second kappa shape index (κ2) is 5.88. The van der Waals surface area contributed by atoms with Gasteiger partial charge in [0, 0.05) is 26.2 Å². The Morgan fingerprint density at radius 2 is 1.86 bits per heavy atom. The largest absolute Gasteiger partial charge is 0.384 e. The van der Waals surface area contributed by atoms with Crippen molar-refractivity contribution in [2.45, 2.75) is 0 Å². The molecule has 2 aromatic heterocycles. The molecular formula is C13H15IN6O. The fourth-order valence-corrected chi connectivity index (χ4v) is 2.99. The van der Waals surface area contributed by atoms with E-state index in [-0.39, 0.29) is 5.56 Å². The van der Waals surface area contributed by atoms with Crippen LogP contribution in [0.15, 0.2) is 29.5 Å². The molecule has 1 fully saturated rings. The number of rotatable bonds is 2. The van der Waals surface area contributed by atoms with Gasteiger partial charge in [-0.05, 0) is 34.7 Å². The summed E-state index contributed by atoms with van der Waals surface area (Å²) < 4.78 is 0.637. The molecule has 3 N–H and O–H groups in total. The van der Waals surface area contributed by atoms with Gasteiger partial charge in [-0.25, -0.2) is 9.97 Å². The second-order valence-corrected chi connectivity index (χ2v) is 5.86. The molecule has 21 heavy (non-hydrogen) atoms. The zero-order valence-corrected chi connectivity index (χ0v) is 13.4. The van der Waals surface area contributed by atoms with Gasteiger partial charge in [-0.3, -0.25) is 4.79 Å². The van der Waals surface area contributed by atoms with Gasteiger partial charge in [-0.15, -0.1) is 0 Å². The third kappa shape index (κ3) is 2.94. The maximum absolute atomic E-state index is 11.6. The molecule has 0 radical (unpaired) electrons. The number of halogens is 1. The molecule has 1 aliphatic heterocycles. The summed E-state index contributed by atoms with van der Waals surface area (Å²) in [4.78, 5) is 27.0. The number of hydrogen-bond donors (Lipinski definition) is 2. The summed E-state index contributed by atoms with van der Waals surface area (Å²) in [5.74, 6) is 1.29. The number of piperazine rings is 1. The predicted molar refractivity (Wildman–Crippen MR) is 90.7 cm³/mol. The molecule has 0 unspecified atom stereocenters. The fraction of sp³-hybridized carbons (Fsp3) is 0.308. The fourth-order valence-electron chi connectivity index (χ4n) is 2.36. The number of aromatic amines is 1. The lowest BCUT2D eigenvalue weighted by molar-refractivity contribution is 0.644. The summed E-state index contributed by atoms with van der Waals surface area (Å²) in [5, 5.41) is 0. The Morgan fingerprint density at radius 1 is 1.14 bits per heavy atom. The molecule has 2 aromatic rings. The summed E-state index contributed by atoms with van der Waals surface area (Å²) >= 11 is 2.04. The van der Waals surface area contributed by atoms with Gasteiger partial charge < -0.3 is 20.5 Å². The summed E-state index contributed by atoms with van der Waals surface area (Å²) in [7, 11) is 0. The molecule has 1 aliphatic rings. The number of anilines is 3. The molecule has 0 aromatic carbocycles. The van der Waals surface area contributed by atoms with Crippen molar-refractivity contribution in [2.75, 3.05) is 41.7 Å². The van der Waals surface area contributed by atoms with Crippen molar-refractivity contribution in [1.29, 1.82) is 0 Å². The maximum atomic E-state index is 11.6. The lowest BCUT2D eigenvalue weighted by Gasteiger charge is -2.36. The van der Waals surface area contributed by atoms with Gasteiger partial charge in [0.15, 0.2) is 0 Å². The van der Waals surface area contributed by atoms with E-state index in [1.54, 1.807) is 6.20 Å². The lowest BCUT2D eigenvalue weighted by Crippen LogP contribution is -2.47. The average Bonchev–Trinajstić information content (AvgIpc) is 2.51. The molecule has 0 atom stereocenters. The zero-order chi connectivity index (χ0) is 14.8. The Kier molecular flexibility index (Phi) is 3.95. The molecule has 3 heterocycles. The highest BCUT2D eigenvalue weighted by Gasteiger charge is 2.21. The van der Waals surface area contributed by atoms with Crippen molar-refractivity contribution in [3.63, 3.8) is 0 Å². The number of nitrogen functional groups attached to an aromatic ring is 1. The van der Waals surface area contributed by atoms with E-state index in [1.807, 2.05) is 34.7 Å². The number of nitrogens with one attached hydrogen (secondary N) is 1. The van der Waals surface area contributed by atoms with Crippen molar-refractivity contribution in [1.82, 2.24) is 15.0 Å². The van der Waals surface area contributed by atoms with Gasteiger partial charge in [0.25, 0.3) is 5.56 Å². The van der Waals surface area contributed by atoms with Crippen LogP contribution in [0.2, 0.25) is 0 Å². The van der Waals surface area contributed by atoms with E-state index in [0.29, 0.717) is 9.39 Å². The number of H-pyrrole nitrogens is 1. The van der Waals surface area contributed by atoms with Crippen molar-refractivity contribution in [2.24, 2.45) is 0 Å². The molecule has 3 rings (SSSR count). The van der Waals surface area contributed by atoms with Crippen LogP contribution in [0.5, 0.6) is 0 Å². The van der Waals surface area contributed by atoms with Crippen molar-refractivity contribution in [3.05, 3.63) is 38.6 Å². The average molecular weight is 398 g/mol. The van der Waals surface area contributed by atoms with E-state index in [4.69, 9.17) is 5.73 Å². The maximum Gasteiger partial charge on any atom is 0.266 e. The first-order valence-corrected chi connectivity index (χ1v) is 7.67. The summed E-state index contributed by atoms with van der Waals surface area (Å²) in [6.07, 6.45) is 3.25. The molecule has 110 valence electrons. The molecule has 0 aliphatic carbocycles. The summed E-state index contributed by atoms with van der Waals surface area (Å²) in [5.41, 5.74) is 6.58. The molecule has 0 spiro atoms. The molecule has 0 saturated carbocycles. The summed E-state index contributed by atoms with van der Waals surface area (Å²) in [6, 6.07) is 3.79. The quantitative estimate of drug-likeness (QED) is 0.724. The molecule has 1 saturated heterocycles. The van der Waals surface area contributed by atoms with Crippen molar-refractivity contribution < 1.29 is 0 Å². The van der Waals surface area contributed by atoms with Gasteiger partial charge >= 0.3 is 0 Å². The Hall–Kier alpha value is -1.84. The monoisotopic (exact) mass is 398 g/mol. The minimum Gasteiger partial charge on any atom is -0.384 e. The highest BCUT2D eigenvalue weighted by atomic mass is 127. The van der Waals surface area contributed by atoms with Gasteiger partial charge in [0.1, 0.15) is 15.2 Å². The summed E-state index contributed by atoms with van der Waals surface area (Å²) in [6.45, 7) is 3.35. The highest BCUT2D eigenvalue weighted by Crippen LogP contribution is 2.20. The molecule has 0 bridgehead atoms. The third-order valence-electron chi connectivity index (χ3n) is 3.49. The van der Waals surface area contributed by atoms with E-state index in [2.05, 4.69) is 24.8 Å². The Morgan fingerprint density at radius 3 is 2.52 bits per heavy atom. The second-order valence-electron chi connectivity index (χ2n) is 4.78. The van der Waals surface area contributed by atoms with Crippen LogP contribution in [-0.2, 0) is 0 Å². The van der Waals surface area contributed by atoms with Gasteiger partial charge in [0.2, 0.25) is 0 Å². The molecule has 0 amide bonds. The number of nitrogens with two attached hydrogens (primary N) is 1. The normalized spacial score (nSPS) is 15.3. The Bertz CT molecular complexity index is 678. The SMILES string of the molecule is Nc1ccc(N2CCN(c3nc[nH]c(=O)c3I)CC2)cn1. The number of nitrogens with zero attached hydrogens (tertiary/aromatic N) is 4. The van der Waals surface area contributed by atoms with Crippen LogP contribution in [0.3, 0.4) is 0 Å². The van der Waals surface area contributed by atoms with Gasteiger partial charge in [-0.2, -0.15) is 0 Å². The molecule has 8 heteroatoms. The van der Waals surface area contributed by atoms with E-state index in [9.17, 15) is 4.79 Å². The Balaban J connectivity index is 1.71. The smallest absolute Gasteiger partial charge is 0.266 e. The van der Waals surface area contributed by atoms with Crippen molar-refractivity contribution in [3.8, 4) is 0 Å². The minimum atomic E-state index is -0.0919. The first kappa shape index (κ1) is 14.1. The van der Waals surface area contributed by atoms with E-state index < -0.39 is 0 Å². The third-order valence-corrected chi connectivity index (χ3v) is 4.47. The van der Waals surface area contributed by atoms with Crippen LogP contribution in [0.1, 0.15) is 0 Å². The first-order valence-electron chi connectivity index (χ1n) is 6.60. The van der Waals surface area contributed by atoms with Crippen LogP contribution < -0.4 is 21.1 Å². The number of aromatic nitrogens is 3. The van der Waals surface area contributed by atoms with Crippen LogP contribution in [-0.4, -0.2) is 41.1 Å². The predicted octanol–water partition coefficient (Wildman–Crippen LogP) is 0.678. The number of hydrogen-bond acceptors (Lipinski definition) is 6. The number of pyridine rings is 1. The molecule has 7 nitrogen and oxygen atoms in total. The highest BCUT2D eigenvalue weighted by molar-refractivity contribution is 14.1. The van der Waals surface area contributed by atoms with E-state index in [1.165, 1.54) is 6.33 Å². The lowest BCUT2D eigenvalue weighted by atomic mass is 10.2. The standard InChI is InChI=1S/C13H15IN6O/c14-11-12(17-8-18-13(11)21)20-5-3-19(4-6-20)9-1-2-10(15)16-7-9/h1-2,7-8H,3-6H2,(H2,15,16)(H,17,18,21). The van der Waals surface area contributed by atoms with Gasteiger partial charge in [0.05, 0.1) is 18.2 Å². The topological polar surface area (TPSA) is 91.1 Å². The Labute approximate surface area is 135 Å². The van der Waals surface area contributed by atoms with Gasteiger partial charge in [-0.1, -0.05) is 0 Å².